The van der Waals surface area contributed by atoms with Crippen molar-refractivity contribution in [2.75, 3.05) is 26.3 Å². The Morgan fingerprint density at radius 1 is 1.24 bits per heavy atom. The zero-order chi connectivity index (χ0) is 20.2. The van der Waals surface area contributed by atoms with Crippen molar-refractivity contribution >= 4 is 22.5 Å². The third-order valence-electron chi connectivity index (χ3n) is 6.02. The zero-order valence-electron chi connectivity index (χ0n) is 16.6. The van der Waals surface area contributed by atoms with Crippen LogP contribution in [0.1, 0.15) is 38.6 Å². The molecular weight excluding hydrogens is 376 g/mol. The molecule has 2 fully saturated rings. The molecule has 9 heteroatoms. The van der Waals surface area contributed by atoms with Gasteiger partial charge in [0.1, 0.15) is 17.4 Å². The van der Waals surface area contributed by atoms with Crippen molar-refractivity contribution in [2.24, 2.45) is 0 Å². The van der Waals surface area contributed by atoms with Crippen LogP contribution in [-0.2, 0) is 20.7 Å². The summed E-state index contributed by atoms with van der Waals surface area (Å²) >= 11 is 0. The highest BCUT2D eigenvalue weighted by Gasteiger charge is 2.41. The number of aryl methyl sites for hydroxylation is 1. The molecule has 2 saturated heterocycles. The maximum atomic E-state index is 13.1. The number of carbonyl (C=O) groups excluding carboxylic acids is 1. The van der Waals surface area contributed by atoms with Crippen molar-refractivity contribution in [1.29, 1.82) is 0 Å². The molecule has 9 nitrogen and oxygen atoms in total. The van der Waals surface area contributed by atoms with Crippen LogP contribution in [0.25, 0.3) is 16.6 Å². The van der Waals surface area contributed by atoms with E-state index in [2.05, 4.69) is 5.10 Å². The summed E-state index contributed by atoms with van der Waals surface area (Å²) in [4.78, 5) is 28.0. The fraction of sp³-hybridized carbons (Fsp3) is 0.550. The monoisotopic (exact) mass is 400 g/mol. The molecule has 3 aromatic heterocycles. The molecule has 2 aliphatic heterocycles. The molecule has 0 aromatic carbocycles. The van der Waals surface area contributed by atoms with Gasteiger partial charge in [-0.25, -0.2) is 4.68 Å². The first kappa shape index (κ1) is 18.4. The lowest BCUT2D eigenvalue weighted by molar-refractivity contribution is -0.188. The Labute approximate surface area is 166 Å². The van der Waals surface area contributed by atoms with Crippen molar-refractivity contribution in [3.8, 4) is 0 Å². The van der Waals surface area contributed by atoms with Gasteiger partial charge in [0.25, 0.3) is 5.56 Å². The van der Waals surface area contributed by atoms with Gasteiger partial charge in [-0.15, -0.1) is 0 Å². The number of hydrogen-bond donors (Lipinski definition) is 0. The van der Waals surface area contributed by atoms with E-state index in [1.165, 1.54) is 4.68 Å². The normalized spacial score (nSPS) is 20.1. The van der Waals surface area contributed by atoms with E-state index in [1.54, 1.807) is 24.2 Å². The van der Waals surface area contributed by atoms with Crippen LogP contribution in [0, 0.1) is 0 Å². The number of fused-ring (bicyclic) bond motifs is 3. The van der Waals surface area contributed by atoms with E-state index in [-0.39, 0.29) is 11.5 Å². The van der Waals surface area contributed by atoms with Gasteiger partial charge in [0.15, 0.2) is 11.4 Å². The first-order valence-electron chi connectivity index (χ1n) is 10.1. The average molecular weight is 400 g/mol. The van der Waals surface area contributed by atoms with Crippen LogP contribution in [-0.4, -0.2) is 57.1 Å². The first-order chi connectivity index (χ1) is 14.0. The number of amides is 1. The predicted molar refractivity (Wildman–Crippen MR) is 104 cm³/mol. The molecule has 29 heavy (non-hydrogen) atoms. The molecule has 0 bridgehead atoms. The molecule has 1 amide bonds. The second-order valence-corrected chi connectivity index (χ2v) is 7.66. The summed E-state index contributed by atoms with van der Waals surface area (Å²) in [6.45, 7) is 5.98. The Bertz CT molecular complexity index is 1130. The van der Waals surface area contributed by atoms with Gasteiger partial charge in [-0.05, 0) is 6.92 Å². The van der Waals surface area contributed by atoms with E-state index in [4.69, 9.17) is 13.9 Å². The van der Waals surface area contributed by atoms with Gasteiger partial charge in [-0.3, -0.25) is 14.0 Å². The summed E-state index contributed by atoms with van der Waals surface area (Å²) in [5.74, 6) is 0.0544. The summed E-state index contributed by atoms with van der Waals surface area (Å²) in [7, 11) is 0. The molecule has 1 spiro atoms. The van der Waals surface area contributed by atoms with Gasteiger partial charge in [-0.2, -0.15) is 5.10 Å². The van der Waals surface area contributed by atoms with Crippen LogP contribution in [0.15, 0.2) is 27.6 Å². The van der Waals surface area contributed by atoms with Crippen LogP contribution in [0.5, 0.6) is 0 Å². The highest BCUT2D eigenvalue weighted by atomic mass is 16.7. The lowest BCUT2D eigenvalue weighted by atomic mass is 10.0. The molecule has 5 heterocycles. The van der Waals surface area contributed by atoms with Crippen LogP contribution in [0.2, 0.25) is 0 Å². The van der Waals surface area contributed by atoms with E-state index in [1.807, 2.05) is 17.4 Å². The van der Waals surface area contributed by atoms with E-state index >= 15 is 0 Å². The summed E-state index contributed by atoms with van der Waals surface area (Å²) in [6.07, 6.45) is 3.49. The summed E-state index contributed by atoms with van der Waals surface area (Å²) in [5.41, 5.74) is 1.61. The van der Waals surface area contributed by atoms with Crippen molar-refractivity contribution < 1.29 is 18.7 Å². The highest BCUT2D eigenvalue weighted by molar-refractivity contribution is 5.83. The summed E-state index contributed by atoms with van der Waals surface area (Å²) < 4.78 is 20.0. The molecule has 3 aromatic rings. The maximum absolute atomic E-state index is 13.1. The number of ether oxygens (including phenoxy) is 2. The SMILES string of the molecule is CCc1nn([C@H](C)C(=O)N2CCC3(CC2)OCCO3)c(=O)c2cc3occc3n12. The number of aromatic nitrogens is 3. The van der Waals surface area contributed by atoms with Crippen molar-refractivity contribution in [3.05, 3.63) is 34.6 Å². The van der Waals surface area contributed by atoms with Crippen molar-refractivity contribution in [1.82, 2.24) is 19.1 Å². The van der Waals surface area contributed by atoms with Crippen LogP contribution in [0.4, 0.5) is 0 Å². The molecule has 154 valence electrons. The average Bonchev–Trinajstić information content (AvgIpc) is 3.45. The number of furan rings is 1. The maximum Gasteiger partial charge on any atom is 0.291 e. The highest BCUT2D eigenvalue weighted by Crippen LogP contribution is 2.32. The minimum Gasteiger partial charge on any atom is -0.463 e. The molecular formula is C20H24N4O5. The smallest absolute Gasteiger partial charge is 0.291 e. The second kappa shape index (κ2) is 6.70. The minimum atomic E-state index is -0.696. The van der Waals surface area contributed by atoms with Gasteiger partial charge in [0.2, 0.25) is 5.91 Å². The molecule has 0 N–H and O–H groups in total. The Kier molecular flexibility index (Phi) is 4.25. The third-order valence-corrected chi connectivity index (χ3v) is 6.02. The number of piperidine rings is 1. The molecule has 0 radical (unpaired) electrons. The van der Waals surface area contributed by atoms with Gasteiger partial charge in [-0.1, -0.05) is 6.92 Å². The van der Waals surface area contributed by atoms with Gasteiger partial charge in [0.05, 0.1) is 25.0 Å². The number of carbonyl (C=O) groups is 1. The fourth-order valence-corrected chi connectivity index (χ4v) is 4.41. The first-order valence-corrected chi connectivity index (χ1v) is 10.1. The van der Waals surface area contributed by atoms with E-state index < -0.39 is 11.8 Å². The fourth-order valence-electron chi connectivity index (χ4n) is 4.41. The summed E-state index contributed by atoms with van der Waals surface area (Å²) in [5, 5.41) is 4.54. The Morgan fingerprint density at radius 3 is 2.66 bits per heavy atom. The quantitative estimate of drug-likeness (QED) is 0.665. The molecule has 2 aliphatic rings. The van der Waals surface area contributed by atoms with Crippen molar-refractivity contribution in [2.45, 2.75) is 44.9 Å². The van der Waals surface area contributed by atoms with E-state index in [0.717, 1.165) is 5.52 Å². The van der Waals surface area contributed by atoms with Crippen molar-refractivity contribution in [3.63, 3.8) is 0 Å². The van der Waals surface area contributed by atoms with Crippen LogP contribution < -0.4 is 5.56 Å². The summed E-state index contributed by atoms with van der Waals surface area (Å²) in [6, 6.07) is 2.84. The third kappa shape index (κ3) is 2.79. The number of hydrogen-bond acceptors (Lipinski definition) is 6. The lowest BCUT2D eigenvalue weighted by Gasteiger charge is -2.38. The van der Waals surface area contributed by atoms with Crippen LogP contribution in [0.3, 0.4) is 0 Å². The molecule has 0 unspecified atom stereocenters. The van der Waals surface area contributed by atoms with Gasteiger partial charge < -0.3 is 18.8 Å². The standard InChI is InChI=1S/C20H24N4O5/c1-3-17-21-24(19(26)15-12-16-14(23(15)17)4-9-27-16)13(2)18(25)22-7-5-20(6-8-22)28-10-11-29-20/h4,9,12-13H,3,5-8,10-11H2,1-2H3/t13-/m1/s1. The Morgan fingerprint density at radius 2 is 1.97 bits per heavy atom. The van der Waals surface area contributed by atoms with E-state index in [0.29, 0.717) is 62.5 Å². The second-order valence-electron chi connectivity index (χ2n) is 7.66. The Balaban J connectivity index is 1.46. The number of likely N-dealkylation sites (tertiary alicyclic amines) is 1. The number of rotatable bonds is 3. The van der Waals surface area contributed by atoms with Gasteiger partial charge >= 0.3 is 0 Å². The molecule has 5 rings (SSSR count). The Hall–Kier alpha value is -2.65. The zero-order valence-corrected chi connectivity index (χ0v) is 16.6. The molecule has 0 aliphatic carbocycles. The molecule has 1 atom stereocenters. The topological polar surface area (TPSA) is 91.2 Å². The largest absolute Gasteiger partial charge is 0.463 e. The number of nitrogens with zero attached hydrogens (tertiary/aromatic N) is 4. The lowest BCUT2D eigenvalue weighted by Crippen LogP contribution is -2.49. The minimum absolute atomic E-state index is 0.117. The van der Waals surface area contributed by atoms with Crippen LogP contribution >= 0.6 is 0 Å². The molecule has 0 saturated carbocycles. The van der Waals surface area contributed by atoms with Gasteiger partial charge in [0, 0.05) is 44.5 Å². The van der Waals surface area contributed by atoms with E-state index in [9.17, 15) is 9.59 Å². The predicted octanol–water partition coefficient (Wildman–Crippen LogP) is 1.73.